The molecule has 1 fully saturated rings. The number of aromatic nitrogens is 1. The maximum atomic E-state index is 8.64. The van der Waals surface area contributed by atoms with Crippen LogP contribution in [0.25, 0.3) is 0 Å². The molecule has 0 atom stereocenters. The molecule has 0 aromatic carbocycles. The summed E-state index contributed by atoms with van der Waals surface area (Å²) in [5.74, 6) is 0.565. The predicted molar refractivity (Wildman–Crippen MR) is 47.6 cm³/mol. The van der Waals surface area contributed by atoms with E-state index >= 15 is 0 Å². The number of hydrogen-bond donors (Lipinski definition) is 0. The third kappa shape index (κ3) is 1.73. The maximum Gasteiger partial charge on any atom is 0.162 e. The Morgan fingerprint density at radius 1 is 1.62 bits per heavy atom. The van der Waals surface area contributed by atoms with Crippen LogP contribution in [0.15, 0.2) is 12.3 Å². The van der Waals surface area contributed by atoms with E-state index in [1.807, 2.05) is 6.07 Å². The molecule has 1 aromatic rings. The van der Waals surface area contributed by atoms with Crippen molar-refractivity contribution in [2.75, 3.05) is 0 Å². The third-order valence-electron chi connectivity index (χ3n) is 1.78. The highest BCUT2D eigenvalue weighted by Crippen LogP contribution is 2.32. The predicted octanol–water partition coefficient (Wildman–Crippen LogP) is 2.15. The van der Waals surface area contributed by atoms with Crippen molar-refractivity contribution in [1.82, 2.24) is 4.98 Å². The average molecular weight is 195 g/mol. The molecule has 0 radical (unpaired) electrons. The molecule has 1 heterocycles. The van der Waals surface area contributed by atoms with Crippen LogP contribution in [0.3, 0.4) is 0 Å². The van der Waals surface area contributed by atoms with Crippen LogP contribution in [0.2, 0.25) is 5.02 Å². The van der Waals surface area contributed by atoms with Gasteiger partial charge < -0.3 is 4.74 Å². The average Bonchev–Trinajstić information content (AvgIpc) is 2.92. The van der Waals surface area contributed by atoms with Crippen LogP contribution in [0.4, 0.5) is 0 Å². The number of ether oxygens (including phenoxy) is 1. The number of rotatable bonds is 2. The van der Waals surface area contributed by atoms with Gasteiger partial charge in [-0.1, -0.05) is 11.6 Å². The van der Waals surface area contributed by atoms with E-state index in [1.165, 1.54) is 6.20 Å². The van der Waals surface area contributed by atoms with E-state index in [2.05, 4.69) is 4.98 Å². The van der Waals surface area contributed by atoms with Gasteiger partial charge in [-0.25, -0.2) is 4.98 Å². The second kappa shape index (κ2) is 3.23. The molecule has 0 spiro atoms. The van der Waals surface area contributed by atoms with Crippen LogP contribution in [0, 0.1) is 11.3 Å². The number of nitriles is 1. The fraction of sp³-hybridized carbons (Fsp3) is 0.333. The first-order valence-electron chi connectivity index (χ1n) is 4.02. The Morgan fingerprint density at radius 2 is 2.38 bits per heavy atom. The first-order valence-corrected chi connectivity index (χ1v) is 4.40. The topological polar surface area (TPSA) is 45.9 Å². The van der Waals surface area contributed by atoms with Crippen molar-refractivity contribution >= 4 is 11.6 Å². The summed E-state index contributed by atoms with van der Waals surface area (Å²) in [4.78, 5) is 3.81. The molecule has 66 valence electrons. The summed E-state index contributed by atoms with van der Waals surface area (Å²) in [5, 5.41) is 8.96. The van der Waals surface area contributed by atoms with Crippen molar-refractivity contribution in [3.8, 4) is 11.8 Å². The summed E-state index contributed by atoms with van der Waals surface area (Å²) in [6.07, 6.45) is 3.95. The van der Waals surface area contributed by atoms with Gasteiger partial charge in [-0.15, -0.1) is 0 Å². The third-order valence-corrected chi connectivity index (χ3v) is 2.14. The van der Waals surface area contributed by atoms with E-state index in [4.69, 9.17) is 21.6 Å². The SMILES string of the molecule is N#Cc1nccc(OC2CC2)c1Cl. The molecule has 2 rings (SSSR count). The molecule has 0 aliphatic heterocycles. The Kier molecular flexibility index (Phi) is 2.07. The van der Waals surface area contributed by atoms with Crippen molar-refractivity contribution in [2.45, 2.75) is 18.9 Å². The molecule has 3 nitrogen and oxygen atoms in total. The standard InChI is InChI=1S/C9H7ClN2O/c10-9-7(5-11)12-4-3-8(9)13-6-1-2-6/h3-4,6H,1-2H2. The van der Waals surface area contributed by atoms with E-state index in [0.717, 1.165) is 12.8 Å². The van der Waals surface area contributed by atoms with Crippen molar-refractivity contribution in [3.63, 3.8) is 0 Å². The number of hydrogen-bond acceptors (Lipinski definition) is 3. The van der Waals surface area contributed by atoms with Gasteiger partial charge in [-0.05, 0) is 12.8 Å². The molecule has 0 saturated heterocycles. The van der Waals surface area contributed by atoms with Crippen molar-refractivity contribution in [3.05, 3.63) is 23.0 Å². The van der Waals surface area contributed by atoms with Crippen LogP contribution >= 0.6 is 11.6 Å². The minimum absolute atomic E-state index is 0.222. The highest BCUT2D eigenvalue weighted by molar-refractivity contribution is 6.33. The molecule has 0 bridgehead atoms. The maximum absolute atomic E-state index is 8.64. The minimum atomic E-state index is 0.222. The van der Waals surface area contributed by atoms with Crippen molar-refractivity contribution in [1.29, 1.82) is 5.26 Å². The van der Waals surface area contributed by atoms with Gasteiger partial charge in [0.15, 0.2) is 5.69 Å². The fourth-order valence-electron chi connectivity index (χ4n) is 0.960. The van der Waals surface area contributed by atoms with Crippen LogP contribution in [0.5, 0.6) is 5.75 Å². The Labute approximate surface area is 80.9 Å². The van der Waals surface area contributed by atoms with Gasteiger partial charge in [-0.2, -0.15) is 5.26 Å². The zero-order chi connectivity index (χ0) is 9.26. The Bertz CT molecular complexity index is 368. The van der Waals surface area contributed by atoms with Gasteiger partial charge in [0.05, 0.1) is 6.10 Å². The smallest absolute Gasteiger partial charge is 0.162 e. The van der Waals surface area contributed by atoms with Crippen LogP contribution in [-0.2, 0) is 0 Å². The minimum Gasteiger partial charge on any atom is -0.489 e. The lowest BCUT2D eigenvalue weighted by atomic mass is 10.3. The zero-order valence-electron chi connectivity index (χ0n) is 6.83. The van der Waals surface area contributed by atoms with Gasteiger partial charge in [-0.3, -0.25) is 0 Å². The Balaban J connectivity index is 2.28. The van der Waals surface area contributed by atoms with E-state index in [9.17, 15) is 0 Å². The fourth-order valence-corrected chi connectivity index (χ4v) is 1.16. The lowest BCUT2D eigenvalue weighted by Crippen LogP contribution is -1.98. The molecular formula is C9H7ClN2O. The summed E-state index contributed by atoms with van der Waals surface area (Å²) in [6, 6.07) is 3.59. The Hall–Kier alpha value is -1.27. The summed E-state index contributed by atoms with van der Waals surface area (Å²) >= 11 is 5.87. The summed E-state index contributed by atoms with van der Waals surface area (Å²) < 4.78 is 5.48. The normalized spacial score (nSPS) is 15.1. The summed E-state index contributed by atoms with van der Waals surface area (Å²) in [6.45, 7) is 0. The molecule has 1 aliphatic carbocycles. The van der Waals surface area contributed by atoms with Gasteiger partial charge in [0, 0.05) is 12.3 Å². The largest absolute Gasteiger partial charge is 0.489 e. The number of nitrogens with zero attached hydrogens (tertiary/aromatic N) is 2. The lowest BCUT2D eigenvalue weighted by Gasteiger charge is -2.05. The van der Waals surface area contributed by atoms with E-state index in [-0.39, 0.29) is 11.8 Å². The summed E-state index contributed by atoms with van der Waals surface area (Å²) in [7, 11) is 0. The monoisotopic (exact) mass is 194 g/mol. The molecule has 13 heavy (non-hydrogen) atoms. The highest BCUT2D eigenvalue weighted by atomic mass is 35.5. The second-order valence-electron chi connectivity index (χ2n) is 2.90. The van der Waals surface area contributed by atoms with Crippen molar-refractivity contribution in [2.24, 2.45) is 0 Å². The molecule has 1 aliphatic rings. The van der Waals surface area contributed by atoms with Crippen LogP contribution in [-0.4, -0.2) is 11.1 Å². The van der Waals surface area contributed by atoms with E-state index in [1.54, 1.807) is 6.07 Å². The highest BCUT2D eigenvalue weighted by Gasteiger charge is 2.24. The number of pyridine rings is 1. The molecule has 1 saturated carbocycles. The molecule has 0 N–H and O–H groups in total. The molecular weight excluding hydrogens is 188 g/mol. The van der Waals surface area contributed by atoms with Crippen LogP contribution < -0.4 is 4.74 Å². The van der Waals surface area contributed by atoms with Gasteiger partial charge in [0.25, 0.3) is 0 Å². The first kappa shape index (κ1) is 8.33. The van der Waals surface area contributed by atoms with Gasteiger partial charge >= 0.3 is 0 Å². The van der Waals surface area contributed by atoms with Gasteiger partial charge in [0.2, 0.25) is 0 Å². The first-order chi connectivity index (χ1) is 6.31. The lowest BCUT2D eigenvalue weighted by molar-refractivity contribution is 0.303. The van der Waals surface area contributed by atoms with E-state index < -0.39 is 0 Å². The van der Waals surface area contributed by atoms with Crippen molar-refractivity contribution < 1.29 is 4.74 Å². The number of halogens is 1. The second-order valence-corrected chi connectivity index (χ2v) is 3.28. The summed E-state index contributed by atoms with van der Waals surface area (Å²) in [5.41, 5.74) is 0.222. The Morgan fingerprint density at radius 3 is 3.00 bits per heavy atom. The molecule has 4 heteroatoms. The molecule has 1 aromatic heterocycles. The molecule has 0 amide bonds. The molecule has 0 unspecified atom stereocenters. The zero-order valence-corrected chi connectivity index (χ0v) is 7.58. The van der Waals surface area contributed by atoms with Gasteiger partial charge in [0.1, 0.15) is 16.8 Å². The van der Waals surface area contributed by atoms with E-state index in [0.29, 0.717) is 10.8 Å². The quantitative estimate of drug-likeness (QED) is 0.725. The van der Waals surface area contributed by atoms with Crippen LogP contribution in [0.1, 0.15) is 18.5 Å².